The Kier molecular flexibility index (Phi) is 4.44. The van der Waals surface area contributed by atoms with E-state index in [1.165, 1.54) is 0 Å². The second-order valence-electron chi connectivity index (χ2n) is 3.55. The summed E-state index contributed by atoms with van der Waals surface area (Å²) in [5.41, 5.74) is 10.5. The Morgan fingerprint density at radius 1 is 1.47 bits per heavy atom. The van der Waals surface area contributed by atoms with E-state index in [2.05, 4.69) is 15.6 Å². The minimum atomic E-state index is -0.764. The Labute approximate surface area is 98.3 Å². The number of carbonyl (C=O) groups excluding carboxylic acids is 2. The number of anilines is 1. The highest BCUT2D eigenvalue weighted by Crippen LogP contribution is 2.05. The van der Waals surface area contributed by atoms with Crippen molar-refractivity contribution in [1.29, 1.82) is 0 Å². The fourth-order valence-corrected chi connectivity index (χ4v) is 1.21. The van der Waals surface area contributed by atoms with E-state index in [0.717, 1.165) is 17.5 Å². The molecule has 1 aromatic rings. The predicted octanol–water partition coefficient (Wildman–Crippen LogP) is -1.12. The topological polar surface area (TPSA) is 129 Å². The highest BCUT2D eigenvalue weighted by atomic mass is 16.2. The van der Waals surface area contributed by atoms with E-state index in [0.29, 0.717) is 6.54 Å². The SMILES string of the molecule is CCCCNC(=O)Cn1nnc(C(N)=O)c1N. The quantitative estimate of drug-likeness (QED) is 0.542. The Hall–Kier alpha value is -2.12. The van der Waals surface area contributed by atoms with Crippen LogP contribution in [0, 0.1) is 0 Å². The van der Waals surface area contributed by atoms with Crippen LogP contribution in [0.15, 0.2) is 0 Å². The average Bonchev–Trinajstić information content (AvgIpc) is 2.61. The monoisotopic (exact) mass is 240 g/mol. The molecule has 1 aromatic heterocycles. The lowest BCUT2D eigenvalue weighted by atomic mass is 10.3. The summed E-state index contributed by atoms with van der Waals surface area (Å²) < 4.78 is 1.14. The molecular formula is C9H16N6O2. The fraction of sp³-hybridized carbons (Fsp3) is 0.556. The van der Waals surface area contributed by atoms with Crippen LogP contribution < -0.4 is 16.8 Å². The first-order chi connectivity index (χ1) is 8.06. The molecular weight excluding hydrogens is 224 g/mol. The van der Waals surface area contributed by atoms with Gasteiger partial charge in [0.2, 0.25) is 5.91 Å². The summed E-state index contributed by atoms with van der Waals surface area (Å²) in [6.45, 7) is 2.56. The number of carbonyl (C=O) groups is 2. The van der Waals surface area contributed by atoms with Crippen LogP contribution in [0.1, 0.15) is 30.3 Å². The number of nitrogens with one attached hydrogen (secondary N) is 1. The van der Waals surface area contributed by atoms with Crippen molar-refractivity contribution in [3.8, 4) is 0 Å². The first-order valence-electron chi connectivity index (χ1n) is 5.31. The van der Waals surface area contributed by atoms with Crippen LogP contribution in [0.5, 0.6) is 0 Å². The van der Waals surface area contributed by atoms with Crippen molar-refractivity contribution in [3.05, 3.63) is 5.69 Å². The molecule has 94 valence electrons. The van der Waals surface area contributed by atoms with Crippen molar-refractivity contribution < 1.29 is 9.59 Å². The number of primary amides is 1. The van der Waals surface area contributed by atoms with Crippen LogP contribution in [-0.4, -0.2) is 33.4 Å². The molecule has 0 saturated heterocycles. The number of amides is 2. The summed E-state index contributed by atoms with van der Waals surface area (Å²) in [5, 5.41) is 9.78. The first-order valence-corrected chi connectivity index (χ1v) is 5.31. The Morgan fingerprint density at radius 2 is 2.18 bits per heavy atom. The smallest absolute Gasteiger partial charge is 0.273 e. The van der Waals surface area contributed by atoms with Crippen molar-refractivity contribution in [2.45, 2.75) is 26.3 Å². The van der Waals surface area contributed by atoms with E-state index in [-0.39, 0.29) is 24.0 Å². The van der Waals surface area contributed by atoms with Gasteiger partial charge < -0.3 is 16.8 Å². The summed E-state index contributed by atoms with van der Waals surface area (Å²) in [7, 11) is 0. The molecule has 8 heteroatoms. The third-order valence-electron chi connectivity index (χ3n) is 2.15. The highest BCUT2D eigenvalue weighted by Gasteiger charge is 2.15. The van der Waals surface area contributed by atoms with Gasteiger partial charge in [0.15, 0.2) is 11.5 Å². The molecule has 5 N–H and O–H groups in total. The summed E-state index contributed by atoms with van der Waals surface area (Å²) in [4.78, 5) is 22.3. The van der Waals surface area contributed by atoms with Gasteiger partial charge in [-0.15, -0.1) is 5.10 Å². The lowest BCUT2D eigenvalue weighted by molar-refractivity contribution is -0.121. The number of unbranched alkanes of at least 4 members (excludes halogenated alkanes) is 1. The highest BCUT2D eigenvalue weighted by molar-refractivity contribution is 5.95. The zero-order valence-electron chi connectivity index (χ0n) is 9.64. The van der Waals surface area contributed by atoms with Crippen molar-refractivity contribution in [2.75, 3.05) is 12.3 Å². The lowest BCUT2D eigenvalue weighted by Crippen LogP contribution is -2.29. The van der Waals surface area contributed by atoms with Crippen LogP contribution >= 0.6 is 0 Å². The van der Waals surface area contributed by atoms with E-state index in [1.807, 2.05) is 6.92 Å². The van der Waals surface area contributed by atoms with Crippen molar-refractivity contribution >= 4 is 17.6 Å². The van der Waals surface area contributed by atoms with Crippen LogP contribution in [0.25, 0.3) is 0 Å². The standard InChI is InChI=1S/C9H16N6O2/c1-2-3-4-12-6(16)5-15-8(10)7(9(11)17)13-14-15/h2-5,10H2,1H3,(H2,11,17)(H,12,16). The van der Waals surface area contributed by atoms with Crippen molar-refractivity contribution in [1.82, 2.24) is 20.3 Å². The molecule has 0 unspecified atom stereocenters. The Morgan fingerprint density at radius 3 is 2.71 bits per heavy atom. The zero-order chi connectivity index (χ0) is 12.8. The van der Waals surface area contributed by atoms with Gasteiger partial charge in [-0.2, -0.15) is 0 Å². The van der Waals surface area contributed by atoms with Gasteiger partial charge in [0, 0.05) is 6.54 Å². The molecule has 1 heterocycles. The molecule has 0 saturated carbocycles. The van der Waals surface area contributed by atoms with Gasteiger partial charge in [0.1, 0.15) is 6.54 Å². The van der Waals surface area contributed by atoms with E-state index >= 15 is 0 Å². The van der Waals surface area contributed by atoms with Crippen LogP contribution in [0.4, 0.5) is 5.82 Å². The number of nitrogens with zero attached hydrogens (tertiary/aromatic N) is 3. The van der Waals surface area contributed by atoms with Crippen LogP contribution in [0.2, 0.25) is 0 Å². The largest absolute Gasteiger partial charge is 0.382 e. The number of rotatable bonds is 6. The lowest BCUT2D eigenvalue weighted by Gasteiger charge is -2.04. The number of aromatic nitrogens is 3. The minimum Gasteiger partial charge on any atom is -0.382 e. The van der Waals surface area contributed by atoms with E-state index in [9.17, 15) is 9.59 Å². The van der Waals surface area contributed by atoms with Gasteiger partial charge in [-0.1, -0.05) is 18.6 Å². The molecule has 0 fully saturated rings. The van der Waals surface area contributed by atoms with Gasteiger partial charge in [0.25, 0.3) is 5.91 Å². The number of hydrogen-bond donors (Lipinski definition) is 3. The Balaban J connectivity index is 2.57. The summed E-state index contributed by atoms with van der Waals surface area (Å²) in [6.07, 6.45) is 1.91. The second kappa shape index (κ2) is 5.83. The maximum atomic E-state index is 11.4. The number of hydrogen-bond acceptors (Lipinski definition) is 5. The number of nitrogen functional groups attached to an aromatic ring is 1. The van der Waals surface area contributed by atoms with Gasteiger partial charge in [0.05, 0.1) is 0 Å². The zero-order valence-corrected chi connectivity index (χ0v) is 9.64. The van der Waals surface area contributed by atoms with E-state index < -0.39 is 5.91 Å². The summed E-state index contributed by atoms with van der Waals surface area (Å²) in [5.74, 6) is -0.991. The molecule has 1 rings (SSSR count). The van der Waals surface area contributed by atoms with Crippen LogP contribution in [0.3, 0.4) is 0 Å². The molecule has 0 spiro atoms. The van der Waals surface area contributed by atoms with Crippen molar-refractivity contribution in [3.63, 3.8) is 0 Å². The molecule has 0 atom stereocenters. The minimum absolute atomic E-state index is 0.00291. The average molecular weight is 240 g/mol. The summed E-state index contributed by atoms with van der Waals surface area (Å²) in [6, 6.07) is 0. The van der Waals surface area contributed by atoms with Gasteiger partial charge in [-0.05, 0) is 6.42 Å². The molecule has 0 aliphatic heterocycles. The normalized spacial score (nSPS) is 10.2. The molecule has 0 aromatic carbocycles. The maximum Gasteiger partial charge on any atom is 0.273 e. The van der Waals surface area contributed by atoms with Gasteiger partial charge in [-0.25, -0.2) is 4.68 Å². The molecule has 0 aliphatic rings. The van der Waals surface area contributed by atoms with E-state index in [4.69, 9.17) is 11.5 Å². The predicted molar refractivity (Wildman–Crippen MR) is 60.9 cm³/mol. The molecule has 0 aliphatic carbocycles. The third kappa shape index (κ3) is 3.44. The molecule has 2 amide bonds. The second-order valence-corrected chi connectivity index (χ2v) is 3.55. The number of nitrogens with two attached hydrogens (primary N) is 2. The first kappa shape index (κ1) is 12.9. The van der Waals surface area contributed by atoms with Crippen molar-refractivity contribution in [2.24, 2.45) is 5.73 Å². The van der Waals surface area contributed by atoms with E-state index in [1.54, 1.807) is 0 Å². The van der Waals surface area contributed by atoms with Crippen LogP contribution in [-0.2, 0) is 11.3 Å². The molecule has 17 heavy (non-hydrogen) atoms. The third-order valence-corrected chi connectivity index (χ3v) is 2.15. The molecule has 8 nitrogen and oxygen atoms in total. The van der Waals surface area contributed by atoms with Gasteiger partial charge in [-0.3, -0.25) is 9.59 Å². The van der Waals surface area contributed by atoms with Gasteiger partial charge >= 0.3 is 0 Å². The maximum absolute atomic E-state index is 11.4. The molecule has 0 bridgehead atoms. The molecule has 0 radical (unpaired) electrons. The summed E-state index contributed by atoms with van der Waals surface area (Å²) >= 11 is 0. The fourth-order valence-electron chi connectivity index (χ4n) is 1.21. The Bertz CT molecular complexity index is 414.